The third-order valence-electron chi connectivity index (χ3n) is 3.52. The minimum atomic E-state index is -0.999. The number of hydrogen-bond donors (Lipinski definition) is 2. The highest BCUT2D eigenvalue weighted by atomic mass is 16.4. The van der Waals surface area contributed by atoms with Crippen LogP contribution in [0.3, 0.4) is 0 Å². The van der Waals surface area contributed by atoms with E-state index in [0.29, 0.717) is 17.9 Å². The zero-order chi connectivity index (χ0) is 14.1. The van der Waals surface area contributed by atoms with Gasteiger partial charge in [0.2, 0.25) is 0 Å². The van der Waals surface area contributed by atoms with E-state index in [-0.39, 0.29) is 5.76 Å². The Balaban J connectivity index is 1.75. The van der Waals surface area contributed by atoms with Gasteiger partial charge < -0.3 is 14.8 Å². The van der Waals surface area contributed by atoms with Gasteiger partial charge in [0.05, 0.1) is 0 Å². The Labute approximate surface area is 115 Å². The van der Waals surface area contributed by atoms with Crippen LogP contribution in [0.1, 0.15) is 29.8 Å². The Morgan fingerprint density at radius 3 is 2.75 bits per heavy atom. The van der Waals surface area contributed by atoms with Crippen LogP contribution in [0.4, 0.5) is 0 Å². The number of carbonyl (C=O) groups is 2. The molecule has 1 aliphatic rings. The molecule has 1 heterocycles. The van der Waals surface area contributed by atoms with E-state index >= 15 is 0 Å². The summed E-state index contributed by atoms with van der Waals surface area (Å²) in [6.45, 7) is 0. The molecule has 2 aromatic rings. The predicted octanol–water partition coefficient (Wildman–Crippen LogP) is 2.42. The van der Waals surface area contributed by atoms with Gasteiger partial charge in [-0.15, -0.1) is 0 Å². The van der Waals surface area contributed by atoms with Crippen molar-refractivity contribution in [2.24, 2.45) is 5.92 Å². The van der Waals surface area contributed by atoms with Crippen LogP contribution >= 0.6 is 0 Å². The fraction of sp³-hybridized carbons (Fsp3) is 0.333. The molecule has 20 heavy (non-hydrogen) atoms. The largest absolute Gasteiger partial charge is 0.480 e. The maximum atomic E-state index is 12.1. The van der Waals surface area contributed by atoms with E-state index in [1.807, 2.05) is 18.2 Å². The second kappa shape index (κ2) is 5.00. The van der Waals surface area contributed by atoms with E-state index in [9.17, 15) is 9.59 Å². The lowest BCUT2D eigenvalue weighted by Gasteiger charge is -2.12. The summed E-state index contributed by atoms with van der Waals surface area (Å²) in [4.78, 5) is 23.2. The molecular weight excluding hydrogens is 258 g/mol. The number of hydrogen-bond acceptors (Lipinski definition) is 3. The molecular formula is C15H15NO4. The number of carboxylic acid groups (broad SMARTS) is 1. The number of fused-ring (bicyclic) bond motifs is 1. The molecule has 1 saturated carbocycles. The molecule has 3 rings (SSSR count). The van der Waals surface area contributed by atoms with Gasteiger partial charge in [0, 0.05) is 5.39 Å². The summed E-state index contributed by atoms with van der Waals surface area (Å²) in [6, 6.07) is 8.07. The van der Waals surface area contributed by atoms with E-state index < -0.39 is 17.9 Å². The number of amides is 1. The molecule has 5 nitrogen and oxygen atoms in total. The fourth-order valence-corrected chi connectivity index (χ4v) is 2.23. The number of para-hydroxylation sites is 1. The Bertz CT molecular complexity index is 624. The maximum absolute atomic E-state index is 12.1. The Morgan fingerprint density at radius 1 is 1.35 bits per heavy atom. The number of carbonyl (C=O) groups excluding carboxylic acids is 1. The minimum absolute atomic E-state index is 0.147. The fourth-order valence-electron chi connectivity index (χ4n) is 2.23. The molecule has 1 atom stereocenters. The van der Waals surface area contributed by atoms with Crippen LogP contribution in [-0.4, -0.2) is 23.0 Å². The molecule has 0 saturated heterocycles. The van der Waals surface area contributed by atoms with Crippen molar-refractivity contribution in [2.75, 3.05) is 0 Å². The first kappa shape index (κ1) is 12.7. The number of nitrogens with one attached hydrogen (secondary N) is 1. The molecule has 1 aliphatic carbocycles. The summed E-state index contributed by atoms with van der Waals surface area (Å²) in [5.74, 6) is -0.907. The molecule has 1 amide bonds. The van der Waals surface area contributed by atoms with E-state index in [0.717, 1.165) is 18.2 Å². The molecule has 0 radical (unpaired) electrons. The van der Waals surface area contributed by atoms with Gasteiger partial charge in [-0.05, 0) is 24.5 Å². The highest BCUT2D eigenvalue weighted by Crippen LogP contribution is 2.33. The van der Waals surface area contributed by atoms with Crippen LogP contribution in [-0.2, 0) is 4.79 Å². The molecule has 2 N–H and O–H groups in total. The summed E-state index contributed by atoms with van der Waals surface area (Å²) in [5.41, 5.74) is 0.617. The molecule has 0 spiro atoms. The number of benzene rings is 1. The first-order valence-corrected chi connectivity index (χ1v) is 6.66. The summed E-state index contributed by atoms with van der Waals surface area (Å²) < 4.78 is 5.43. The lowest BCUT2D eigenvalue weighted by Crippen LogP contribution is -2.41. The second-order valence-electron chi connectivity index (χ2n) is 5.19. The van der Waals surface area contributed by atoms with Gasteiger partial charge in [-0.3, -0.25) is 4.79 Å². The number of aliphatic carboxylic acids is 1. The van der Waals surface area contributed by atoms with Crippen molar-refractivity contribution in [3.8, 4) is 0 Å². The lowest BCUT2D eigenvalue weighted by molar-refractivity contribution is -0.139. The standard InChI is InChI=1S/C15H15NO4/c17-14(16-11(15(18)19)7-9-5-6-9)13-8-10-3-1-2-4-12(10)20-13/h1-4,8-9,11H,5-7H2,(H,16,17)(H,18,19)/t11-/m0/s1. The summed E-state index contributed by atoms with van der Waals surface area (Å²) >= 11 is 0. The molecule has 104 valence electrons. The zero-order valence-corrected chi connectivity index (χ0v) is 10.8. The molecule has 0 bridgehead atoms. The van der Waals surface area contributed by atoms with Crippen molar-refractivity contribution in [3.05, 3.63) is 36.1 Å². The predicted molar refractivity (Wildman–Crippen MR) is 72.4 cm³/mol. The van der Waals surface area contributed by atoms with E-state index in [4.69, 9.17) is 9.52 Å². The third kappa shape index (κ3) is 2.66. The first-order chi connectivity index (χ1) is 9.63. The lowest BCUT2D eigenvalue weighted by atomic mass is 10.1. The Kier molecular flexibility index (Phi) is 3.18. The van der Waals surface area contributed by atoms with Crippen LogP contribution in [0.5, 0.6) is 0 Å². The molecule has 1 aromatic carbocycles. The highest BCUT2D eigenvalue weighted by Gasteiger charge is 2.30. The average Bonchev–Trinajstić information content (AvgIpc) is 3.13. The summed E-state index contributed by atoms with van der Waals surface area (Å²) in [7, 11) is 0. The smallest absolute Gasteiger partial charge is 0.326 e. The van der Waals surface area contributed by atoms with Crippen molar-refractivity contribution < 1.29 is 19.1 Å². The highest BCUT2D eigenvalue weighted by molar-refractivity contribution is 5.97. The molecule has 0 unspecified atom stereocenters. The summed E-state index contributed by atoms with van der Waals surface area (Å²) in [6.07, 6.45) is 2.58. The van der Waals surface area contributed by atoms with Crippen LogP contribution in [0.2, 0.25) is 0 Å². The topological polar surface area (TPSA) is 79.5 Å². The molecule has 0 aliphatic heterocycles. The minimum Gasteiger partial charge on any atom is -0.480 e. The monoisotopic (exact) mass is 273 g/mol. The normalized spacial score (nSPS) is 16.0. The van der Waals surface area contributed by atoms with E-state index in [1.165, 1.54) is 0 Å². The summed E-state index contributed by atoms with van der Waals surface area (Å²) in [5, 5.41) is 12.5. The third-order valence-corrected chi connectivity index (χ3v) is 3.52. The quantitative estimate of drug-likeness (QED) is 0.876. The molecule has 1 aromatic heterocycles. The van der Waals surface area contributed by atoms with Gasteiger partial charge in [-0.1, -0.05) is 31.0 Å². The van der Waals surface area contributed by atoms with Gasteiger partial charge in [0.15, 0.2) is 5.76 Å². The first-order valence-electron chi connectivity index (χ1n) is 6.66. The number of furan rings is 1. The van der Waals surface area contributed by atoms with Gasteiger partial charge in [0.25, 0.3) is 5.91 Å². The van der Waals surface area contributed by atoms with E-state index in [1.54, 1.807) is 12.1 Å². The van der Waals surface area contributed by atoms with Gasteiger partial charge in [-0.25, -0.2) is 4.79 Å². The van der Waals surface area contributed by atoms with Crippen LogP contribution < -0.4 is 5.32 Å². The Morgan fingerprint density at radius 2 is 2.10 bits per heavy atom. The maximum Gasteiger partial charge on any atom is 0.326 e. The molecule has 5 heteroatoms. The molecule has 1 fully saturated rings. The van der Waals surface area contributed by atoms with Gasteiger partial charge >= 0.3 is 5.97 Å². The zero-order valence-electron chi connectivity index (χ0n) is 10.8. The average molecular weight is 273 g/mol. The SMILES string of the molecule is O=C(N[C@@H](CC1CC1)C(=O)O)c1cc2ccccc2o1. The van der Waals surface area contributed by atoms with Crippen molar-refractivity contribution in [2.45, 2.75) is 25.3 Å². The van der Waals surface area contributed by atoms with Crippen molar-refractivity contribution >= 4 is 22.8 Å². The van der Waals surface area contributed by atoms with Crippen molar-refractivity contribution in [1.29, 1.82) is 0 Å². The second-order valence-corrected chi connectivity index (χ2v) is 5.19. The number of carboxylic acids is 1. The van der Waals surface area contributed by atoms with Gasteiger partial charge in [0.1, 0.15) is 11.6 Å². The van der Waals surface area contributed by atoms with Crippen LogP contribution in [0.25, 0.3) is 11.0 Å². The Hall–Kier alpha value is -2.30. The van der Waals surface area contributed by atoms with Crippen molar-refractivity contribution in [1.82, 2.24) is 5.32 Å². The number of rotatable bonds is 5. The van der Waals surface area contributed by atoms with E-state index in [2.05, 4.69) is 5.32 Å². The van der Waals surface area contributed by atoms with Crippen molar-refractivity contribution in [3.63, 3.8) is 0 Å². The van der Waals surface area contributed by atoms with Crippen LogP contribution in [0.15, 0.2) is 34.7 Å². The van der Waals surface area contributed by atoms with Crippen LogP contribution in [0, 0.1) is 5.92 Å². The van der Waals surface area contributed by atoms with Gasteiger partial charge in [-0.2, -0.15) is 0 Å².